The third-order valence-corrected chi connectivity index (χ3v) is 5.11. The number of amides is 1. The average molecular weight is 441 g/mol. The predicted octanol–water partition coefficient (Wildman–Crippen LogP) is 5.22. The van der Waals surface area contributed by atoms with Gasteiger partial charge < -0.3 is 19.7 Å². The highest BCUT2D eigenvalue weighted by atomic mass is 35.5. The topological polar surface area (TPSA) is 80.6 Å². The molecule has 3 aromatic rings. The number of benzene rings is 2. The number of hydrogen-bond donors (Lipinski definition) is 2. The van der Waals surface area contributed by atoms with Gasteiger partial charge in [-0.2, -0.15) is 0 Å². The number of halogens is 1. The lowest BCUT2D eigenvalue weighted by atomic mass is 10.0. The molecule has 0 fully saturated rings. The van der Waals surface area contributed by atoms with Crippen molar-refractivity contribution in [3.05, 3.63) is 82.6 Å². The van der Waals surface area contributed by atoms with E-state index in [-0.39, 0.29) is 18.2 Å². The zero-order valence-electron chi connectivity index (χ0n) is 17.5. The third kappa shape index (κ3) is 5.89. The Hall–Kier alpha value is -3.25. The van der Waals surface area contributed by atoms with Crippen LogP contribution in [0.25, 0.3) is 0 Å². The molecule has 0 aliphatic heterocycles. The monoisotopic (exact) mass is 440 g/mol. The van der Waals surface area contributed by atoms with Crippen molar-refractivity contribution in [2.75, 3.05) is 11.9 Å². The Labute approximate surface area is 186 Å². The summed E-state index contributed by atoms with van der Waals surface area (Å²) in [5.74, 6) is -0.326. The van der Waals surface area contributed by atoms with Crippen LogP contribution in [-0.2, 0) is 17.8 Å². The van der Waals surface area contributed by atoms with Crippen molar-refractivity contribution in [3.63, 3.8) is 0 Å². The Bertz CT molecular complexity index is 1060. The summed E-state index contributed by atoms with van der Waals surface area (Å²) < 4.78 is 7.80. The largest absolute Gasteiger partial charge is 0.492 e. The molecular weight excluding hydrogens is 416 g/mol. The number of nitrogens with one attached hydrogen (secondary N) is 1. The first-order chi connectivity index (χ1) is 14.8. The maximum Gasteiger partial charge on any atom is 0.307 e. The highest BCUT2D eigenvalue weighted by molar-refractivity contribution is 6.34. The zero-order valence-corrected chi connectivity index (χ0v) is 18.2. The van der Waals surface area contributed by atoms with Crippen LogP contribution in [0.15, 0.2) is 60.8 Å². The quantitative estimate of drug-likeness (QED) is 0.477. The molecule has 2 aromatic carbocycles. The Morgan fingerprint density at radius 3 is 2.55 bits per heavy atom. The van der Waals surface area contributed by atoms with Crippen LogP contribution in [-0.4, -0.2) is 28.2 Å². The standard InChI is InChI=1S/C24H25ClN2O4/c1-16(2)23-19(10-11-27(23)12-13-31-18-6-4-3-5-7-18)24(30)26-21-14-17(15-22(28)29)8-9-20(21)25/h3-11,14,16H,12-13,15H2,1-2H3,(H,26,30)(H,28,29). The van der Waals surface area contributed by atoms with Gasteiger partial charge in [-0.25, -0.2) is 0 Å². The molecule has 6 nitrogen and oxygen atoms in total. The second kappa shape index (κ2) is 10.2. The number of ether oxygens (including phenoxy) is 1. The molecule has 1 amide bonds. The molecular formula is C24H25ClN2O4. The first kappa shape index (κ1) is 22.4. The normalized spacial score (nSPS) is 10.8. The summed E-state index contributed by atoms with van der Waals surface area (Å²) in [5.41, 5.74) is 2.40. The van der Waals surface area contributed by atoms with Gasteiger partial charge in [-0.1, -0.05) is 49.7 Å². The average Bonchev–Trinajstić information content (AvgIpc) is 3.15. The first-order valence-electron chi connectivity index (χ1n) is 10.0. The van der Waals surface area contributed by atoms with E-state index in [0.29, 0.717) is 35.0 Å². The van der Waals surface area contributed by atoms with E-state index in [9.17, 15) is 9.59 Å². The molecule has 1 aromatic heterocycles. The minimum absolute atomic E-state index is 0.112. The van der Waals surface area contributed by atoms with Gasteiger partial charge in [0.2, 0.25) is 0 Å². The van der Waals surface area contributed by atoms with Gasteiger partial charge in [-0.3, -0.25) is 9.59 Å². The lowest BCUT2D eigenvalue weighted by Crippen LogP contribution is -2.17. The molecule has 2 N–H and O–H groups in total. The fourth-order valence-corrected chi connectivity index (χ4v) is 3.60. The SMILES string of the molecule is CC(C)c1c(C(=O)Nc2cc(CC(=O)O)ccc2Cl)ccn1CCOc1ccccc1. The van der Waals surface area contributed by atoms with Crippen LogP contribution in [0.2, 0.25) is 5.02 Å². The van der Waals surface area contributed by atoms with Gasteiger partial charge in [-0.05, 0) is 41.8 Å². The van der Waals surface area contributed by atoms with Gasteiger partial charge in [0.25, 0.3) is 5.91 Å². The molecule has 31 heavy (non-hydrogen) atoms. The summed E-state index contributed by atoms with van der Waals surface area (Å²) in [6, 6.07) is 16.2. The van der Waals surface area contributed by atoms with E-state index >= 15 is 0 Å². The van der Waals surface area contributed by atoms with Gasteiger partial charge in [0.1, 0.15) is 12.4 Å². The van der Waals surface area contributed by atoms with Gasteiger partial charge in [-0.15, -0.1) is 0 Å². The second-order valence-corrected chi connectivity index (χ2v) is 7.87. The molecule has 0 atom stereocenters. The van der Waals surface area contributed by atoms with Crippen molar-refractivity contribution < 1.29 is 19.4 Å². The summed E-state index contributed by atoms with van der Waals surface area (Å²) in [4.78, 5) is 24.0. The van der Waals surface area contributed by atoms with Crippen molar-refractivity contribution in [2.24, 2.45) is 0 Å². The number of aliphatic carboxylic acids is 1. The Kier molecular flexibility index (Phi) is 7.36. The number of para-hydroxylation sites is 1. The van der Waals surface area contributed by atoms with Gasteiger partial charge >= 0.3 is 5.97 Å². The van der Waals surface area contributed by atoms with Crippen LogP contribution in [0, 0.1) is 0 Å². The molecule has 3 rings (SSSR count). The van der Waals surface area contributed by atoms with E-state index < -0.39 is 5.97 Å². The maximum absolute atomic E-state index is 13.0. The van der Waals surface area contributed by atoms with E-state index in [4.69, 9.17) is 21.4 Å². The van der Waals surface area contributed by atoms with Gasteiger partial charge in [0.15, 0.2) is 0 Å². The third-order valence-electron chi connectivity index (χ3n) is 4.78. The van der Waals surface area contributed by atoms with E-state index in [1.165, 1.54) is 0 Å². The molecule has 162 valence electrons. The summed E-state index contributed by atoms with van der Waals surface area (Å²) in [5, 5.41) is 12.2. The predicted molar refractivity (Wildman–Crippen MR) is 121 cm³/mol. The number of carboxylic acid groups (broad SMARTS) is 1. The molecule has 0 saturated heterocycles. The van der Waals surface area contributed by atoms with Crippen LogP contribution in [0.4, 0.5) is 5.69 Å². The number of carbonyl (C=O) groups excluding carboxylic acids is 1. The van der Waals surface area contributed by atoms with Crippen LogP contribution < -0.4 is 10.1 Å². The fourth-order valence-electron chi connectivity index (χ4n) is 3.44. The van der Waals surface area contributed by atoms with Crippen LogP contribution in [0.5, 0.6) is 5.75 Å². The van der Waals surface area contributed by atoms with Crippen molar-refractivity contribution in [3.8, 4) is 5.75 Å². The summed E-state index contributed by atoms with van der Waals surface area (Å²) in [7, 11) is 0. The maximum atomic E-state index is 13.0. The van der Waals surface area contributed by atoms with E-state index in [1.54, 1.807) is 24.3 Å². The molecule has 0 bridgehead atoms. The molecule has 0 aliphatic carbocycles. The van der Waals surface area contributed by atoms with Gasteiger partial charge in [0, 0.05) is 11.9 Å². The number of nitrogens with zero attached hydrogens (tertiary/aromatic N) is 1. The molecule has 1 heterocycles. The summed E-state index contributed by atoms with van der Waals surface area (Å²) in [6.45, 7) is 5.13. The summed E-state index contributed by atoms with van der Waals surface area (Å²) in [6.07, 6.45) is 1.73. The molecule has 0 unspecified atom stereocenters. The number of aromatic nitrogens is 1. The lowest BCUT2D eigenvalue weighted by Gasteiger charge is -2.16. The fraction of sp³-hybridized carbons (Fsp3) is 0.250. The van der Waals surface area contributed by atoms with E-state index in [1.807, 2.05) is 54.9 Å². The number of carbonyl (C=O) groups is 2. The molecule has 0 aliphatic rings. The van der Waals surface area contributed by atoms with E-state index in [0.717, 1.165) is 11.4 Å². The van der Waals surface area contributed by atoms with Crippen molar-refractivity contribution >= 4 is 29.2 Å². The second-order valence-electron chi connectivity index (χ2n) is 7.46. The minimum atomic E-state index is -0.948. The van der Waals surface area contributed by atoms with Crippen molar-refractivity contribution in [2.45, 2.75) is 32.7 Å². The van der Waals surface area contributed by atoms with Gasteiger partial charge in [0.05, 0.1) is 29.2 Å². The lowest BCUT2D eigenvalue weighted by molar-refractivity contribution is -0.136. The molecule has 0 spiro atoms. The number of hydrogen-bond acceptors (Lipinski definition) is 3. The summed E-state index contributed by atoms with van der Waals surface area (Å²) >= 11 is 6.21. The van der Waals surface area contributed by atoms with Crippen molar-refractivity contribution in [1.82, 2.24) is 4.57 Å². The highest BCUT2D eigenvalue weighted by Crippen LogP contribution is 2.26. The highest BCUT2D eigenvalue weighted by Gasteiger charge is 2.19. The zero-order chi connectivity index (χ0) is 22.4. The molecule has 0 saturated carbocycles. The number of carboxylic acids is 1. The Morgan fingerprint density at radius 2 is 1.87 bits per heavy atom. The van der Waals surface area contributed by atoms with Crippen LogP contribution >= 0.6 is 11.6 Å². The van der Waals surface area contributed by atoms with Crippen LogP contribution in [0.1, 0.15) is 41.4 Å². The smallest absolute Gasteiger partial charge is 0.307 e. The van der Waals surface area contributed by atoms with Crippen LogP contribution in [0.3, 0.4) is 0 Å². The van der Waals surface area contributed by atoms with E-state index in [2.05, 4.69) is 5.32 Å². The molecule has 7 heteroatoms. The first-order valence-corrected chi connectivity index (χ1v) is 10.4. The number of rotatable bonds is 9. The van der Waals surface area contributed by atoms with Crippen molar-refractivity contribution in [1.29, 1.82) is 0 Å². The Morgan fingerprint density at radius 1 is 1.13 bits per heavy atom. The minimum Gasteiger partial charge on any atom is -0.492 e. The Balaban J connectivity index is 1.75. The molecule has 0 radical (unpaired) electrons. The number of anilines is 1.